The van der Waals surface area contributed by atoms with Crippen molar-refractivity contribution in [3.63, 3.8) is 0 Å². The Hall–Kier alpha value is -1.85. The molecular formula is C23H24ClFNO2S+. The van der Waals surface area contributed by atoms with Gasteiger partial charge in [-0.3, -0.25) is 4.79 Å². The maximum atomic E-state index is 14.5. The molecule has 0 radical (unpaired) electrons. The predicted molar refractivity (Wildman–Crippen MR) is 115 cm³/mol. The monoisotopic (exact) mass is 432 g/mol. The normalized spacial score (nSPS) is 20.7. The number of hydrogen-bond acceptors (Lipinski definition) is 2. The Labute approximate surface area is 179 Å². The number of carboxylic acids is 1. The minimum absolute atomic E-state index is 0.0196. The van der Waals surface area contributed by atoms with E-state index in [1.165, 1.54) is 0 Å². The van der Waals surface area contributed by atoms with Gasteiger partial charge in [-0.1, -0.05) is 25.4 Å². The molecule has 2 aliphatic rings. The summed E-state index contributed by atoms with van der Waals surface area (Å²) in [6.07, 6.45) is 1.87. The Bertz CT molecular complexity index is 987. The minimum atomic E-state index is -0.786. The second kappa shape index (κ2) is 8.11. The summed E-state index contributed by atoms with van der Waals surface area (Å²) in [5.74, 6) is -0.885. The fourth-order valence-corrected chi connectivity index (χ4v) is 6.06. The first-order valence-corrected chi connectivity index (χ1v) is 11.2. The third kappa shape index (κ3) is 3.95. The van der Waals surface area contributed by atoms with E-state index in [4.69, 9.17) is 11.6 Å². The van der Waals surface area contributed by atoms with Crippen molar-refractivity contribution in [3.05, 3.63) is 58.4 Å². The Morgan fingerprint density at radius 3 is 2.69 bits per heavy atom. The van der Waals surface area contributed by atoms with Crippen LogP contribution in [-0.4, -0.2) is 27.9 Å². The van der Waals surface area contributed by atoms with E-state index in [9.17, 15) is 14.3 Å². The first kappa shape index (κ1) is 20.4. The standard InChI is InChI=1S/C23H23ClFNO2S/c1-13(2)18-11-16(25)12-19-21(18)23(29-17-7-5-15(24)6-8-17)22-14(10-20(27)28)4-3-9-26(19)22/h5-8,11-14,23H,3-4,9-10H2,1-2H3/p+1/t14-,23?/m1/s1. The number of fused-ring (bicyclic) bond motifs is 2. The number of rotatable bonds is 5. The Kier molecular flexibility index (Phi) is 5.71. The summed E-state index contributed by atoms with van der Waals surface area (Å²) in [7, 11) is 0. The maximum absolute atomic E-state index is 14.5. The van der Waals surface area contributed by atoms with Crippen molar-refractivity contribution in [1.29, 1.82) is 0 Å². The zero-order valence-corrected chi connectivity index (χ0v) is 18.1. The predicted octanol–water partition coefficient (Wildman–Crippen LogP) is 6.42. The van der Waals surface area contributed by atoms with Gasteiger partial charge in [0.05, 0.1) is 17.9 Å². The SMILES string of the molecule is CC(C)c1cc(F)cc2c1C(Sc1ccc(Cl)cc1)C1=[N+]2CCC[C@@H]1CC(=O)O. The van der Waals surface area contributed by atoms with Crippen molar-refractivity contribution in [2.45, 2.75) is 49.2 Å². The van der Waals surface area contributed by atoms with Crippen LogP contribution in [0.3, 0.4) is 0 Å². The number of nitrogens with zero attached hydrogens (tertiary/aromatic N) is 1. The molecule has 0 aromatic heterocycles. The van der Waals surface area contributed by atoms with Gasteiger partial charge in [0.25, 0.3) is 0 Å². The molecule has 2 heterocycles. The molecule has 2 aliphatic heterocycles. The van der Waals surface area contributed by atoms with Gasteiger partial charge in [-0.15, -0.1) is 11.8 Å². The van der Waals surface area contributed by atoms with Crippen LogP contribution in [0.25, 0.3) is 0 Å². The number of aliphatic carboxylic acids is 1. The lowest BCUT2D eigenvalue weighted by Crippen LogP contribution is -2.32. The zero-order chi connectivity index (χ0) is 20.7. The smallest absolute Gasteiger partial charge is 0.304 e. The molecule has 3 nitrogen and oxygen atoms in total. The topological polar surface area (TPSA) is 40.3 Å². The number of carbonyl (C=O) groups is 1. The summed E-state index contributed by atoms with van der Waals surface area (Å²) in [6, 6.07) is 11.0. The van der Waals surface area contributed by atoms with Gasteiger partial charge in [-0.2, -0.15) is 4.58 Å². The Morgan fingerprint density at radius 1 is 1.31 bits per heavy atom. The van der Waals surface area contributed by atoms with Gasteiger partial charge in [0.15, 0.2) is 5.71 Å². The summed E-state index contributed by atoms with van der Waals surface area (Å²) < 4.78 is 16.7. The molecule has 0 amide bonds. The lowest BCUT2D eigenvalue weighted by Gasteiger charge is -2.22. The molecule has 29 heavy (non-hydrogen) atoms. The second-order valence-electron chi connectivity index (χ2n) is 8.05. The number of halogens is 2. The summed E-state index contributed by atoms with van der Waals surface area (Å²) in [4.78, 5) is 12.6. The summed E-state index contributed by atoms with van der Waals surface area (Å²) >= 11 is 7.76. The van der Waals surface area contributed by atoms with E-state index in [1.807, 2.05) is 24.3 Å². The van der Waals surface area contributed by atoms with Crippen molar-refractivity contribution in [2.75, 3.05) is 6.54 Å². The van der Waals surface area contributed by atoms with E-state index in [2.05, 4.69) is 18.4 Å². The van der Waals surface area contributed by atoms with E-state index in [0.717, 1.165) is 46.8 Å². The summed E-state index contributed by atoms with van der Waals surface area (Å²) in [6.45, 7) is 4.96. The molecular weight excluding hydrogens is 409 g/mol. The molecule has 152 valence electrons. The fourth-order valence-electron chi connectivity index (χ4n) is 4.55. The lowest BCUT2D eigenvalue weighted by atomic mass is 9.87. The van der Waals surface area contributed by atoms with E-state index >= 15 is 0 Å². The van der Waals surface area contributed by atoms with E-state index in [-0.39, 0.29) is 29.3 Å². The molecule has 2 atom stereocenters. The highest BCUT2D eigenvalue weighted by Gasteiger charge is 2.47. The van der Waals surface area contributed by atoms with Crippen molar-refractivity contribution < 1.29 is 18.9 Å². The van der Waals surface area contributed by atoms with Gasteiger partial charge in [0, 0.05) is 22.4 Å². The molecule has 6 heteroatoms. The lowest BCUT2D eigenvalue weighted by molar-refractivity contribution is -0.446. The van der Waals surface area contributed by atoms with Crippen molar-refractivity contribution >= 4 is 40.7 Å². The van der Waals surface area contributed by atoms with Crippen LogP contribution in [0.2, 0.25) is 5.02 Å². The van der Waals surface area contributed by atoms with E-state index in [1.54, 1.807) is 23.9 Å². The molecule has 2 aromatic rings. The van der Waals surface area contributed by atoms with E-state index in [0.29, 0.717) is 5.02 Å². The highest BCUT2D eigenvalue weighted by atomic mass is 35.5. The molecule has 0 aliphatic carbocycles. The number of thioether (sulfide) groups is 1. The fraction of sp³-hybridized carbons (Fsp3) is 0.391. The Balaban J connectivity index is 1.87. The van der Waals surface area contributed by atoms with Crippen molar-refractivity contribution in [1.82, 2.24) is 0 Å². The molecule has 1 N–H and O–H groups in total. The second-order valence-corrected chi connectivity index (χ2v) is 9.66. The first-order chi connectivity index (χ1) is 13.8. The molecule has 0 saturated carbocycles. The van der Waals surface area contributed by atoms with Gasteiger partial charge in [-0.25, -0.2) is 4.39 Å². The molecule has 2 aromatic carbocycles. The third-order valence-electron chi connectivity index (χ3n) is 5.75. The molecule has 0 bridgehead atoms. The molecule has 0 spiro atoms. The van der Waals surface area contributed by atoms with Crippen molar-refractivity contribution in [2.24, 2.45) is 5.92 Å². The number of benzene rings is 2. The van der Waals surface area contributed by atoms with Gasteiger partial charge in [-0.05, 0) is 48.2 Å². The quantitative estimate of drug-likeness (QED) is 0.554. The zero-order valence-electron chi connectivity index (χ0n) is 16.5. The molecule has 1 unspecified atom stereocenters. The van der Waals surface area contributed by atoms with Gasteiger partial charge >= 0.3 is 5.97 Å². The van der Waals surface area contributed by atoms with Crippen LogP contribution in [0.5, 0.6) is 0 Å². The van der Waals surface area contributed by atoms with Crippen LogP contribution in [0.4, 0.5) is 10.1 Å². The van der Waals surface area contributed by atoms with E-state index < -0.39 is 5.97 Å². The minimum Gasteiger partial charge on any atom is -0.481 e. The van der Waals surface area contributed by atoms with Crippen LogP contribution in [0, 0.1) is 11.7 Å². The Morgan fingerprint density at radius 2 is 2.03 bits per heavy atom. The van der Waals surface area contributed by atoms with Crippen LogP contribution >= 0.6 is 23.4 Å². The molecule has 0 fully saturated rings. The maximum Gasteiger partial charge on any atom is 0.304 e. The van der Waals surface area contributed by atoms with Crippen molar-refractivity contribution in [3.8, 4) is 0 Å². The highest BCUT2D eigenvalue weighted by molar-refractivity contribution is 8.00. The van der Waals surface area contributed by atoms with Crippen LogP contribution in [-0.2, 0) is 4.79 Å². The third-order valence-corrected chi connectivity index (χ3v) is 7.26. The summed E-state index contributed by atoms with van der Waals surface area (Å²) in [5.41, 5.74) is 4.16. The van der Waals surface area contributed by atoms with Crippen LogP contribution in [0.15, 0.2) is 41.3 Å². The first-order valence-electron chi connectivity index (χ1n) is 9.96. The number of hydrogen-bond donors (Lipinski definition) is 1. The van der Waals surface area contributed by atoms with Gasteiger partial charge in [0.2, 0.25) is 5.69 Å². The average molecular weight is 433 g/mol. The molecule has 4 rings (SSSR count). The van der Waals surface area contributed by atoms with Gasteiger partial charge < -0.3 is 5.11 Å². The highest BCUT2D eigenvalue weighted by Crippen LogP contribution is 2.51. The van der Waals surface area contributed by atoms with Gasteiger partial charge in [0.1, 0.15) is 17.6 Å². The van der Waals surface area contributed by atoms with Crippen LogP contribution in [0.1, 0.15) is 55.4 Å². The average Bonchev–Trinajstić information content (AvgIpc) is 2.97. The largest absolute Gasteiger partial charge is 0.481 e. The number of carboxylic acid groups (broad SMARTS) is 1. The van der Waals surface area contributed by atoms with Crippen LogP contribution < -0.4 is 0 Å². The summed E-state index contributed by atoms with van der Waals surface area (Å²) in [5, 5.41) is 10.1. The molecule has 0 saturated heterocycles.